The maximum absolute atomic E-state index is 9.39. The molecular formula is C11H19BrO3. The first kappa shape index (κ1) is 11.8. The average Bonchev–Trinajstić information content (AvgIpc) is 2.25. The third-order valence-electron chi connectivity index (χ3n) is 3.17. The van der Waals surface area contributed by atoms with Gasteiger partial charge in [0.1, 0.15) is 0 Å². The van der Waals surface area contributed by atoms with E-state index in [4.69, 9.17) is 9.47 Å². The summed E-state index contributed by atoms with van der Waals surface area (Å²) in [5.74, 6) is 0. The van der Waals surface area contributed by atoms with Gasteiger partial charge in [0.15, 0.2) is 6.29 Å². The van der Waals surface area contributed by atoms with Crippen LogP contribution in [0.4, 0.5) is 0 Å². The third kappa shape index (κ3) is 3.41. The van der Waals surface area contributed by atoms with Gasteiger partial charge in [-0.25, -0.2) is 0 Å². The Morgan fingerprint density at radius 3 is 2.53 bits per heavy atom. The lowest BCUT2D eigenvalue weighted by molar-refractivity contribution is -0.191. The van der Waals surface area contributed by atoms with Gasteiger partial charge in [0, 0.05) is 6.61 Å². The molecule has 0 amide bonds. The summed E-state index contributed by atoms with van der Waals surface area (Å²) in [4.78, 5) is 0.332. The zero-order valence-electron chi connectivity index (χ0n) is 8.90. The van der Waals surface area contributed by atoms with Crippen LogP contribution in [-0.4, -0.2) is 35.0 Å². The fourth-order valence-corrected chi connectivity index (χ4v) is 2.81. The van der Waals surface area contributed by atoms with Crippen molar-refractivity contribution < 1.29 is 14.6 Å². The number of alkyl halides is 1. The molecule has 1 N–H and O–H groups in total. The van der Waals surface area contributed by atoms with Crippen LogP contribution in [0.1, 0.15) is 38.5 Å². The predicted octanol–water partition coefficient (Wildman–Crippen LogP) is 2.21. The number of ether oxygens (including phenoxy) is 2. The summed E-state index contributed by atoms with van der Waals surface area (Å²) in [5.41, 5.74) is 0. The Hall–Kier alpha value is 0.360. The molecule has 0 aromatic rings. The molecule has 3 nitrogen and oxygen atoms in total. The van der Waals surface area contributed by atoms with Crippen LogP contribution in [-0.2, 0) is 9.47 Å². The Labute approximate surface area is 99.3 Å². The Kier molecular flexibility index (Phi) is 4.43. The molecule has 0 aromatic heterocycles. The van der Waals surface area contributed by atoms with Crippen LogP contribution in [0, 0.1) is 0 Å². The molecule has 0 bridgehead atoms. The van der Waals surface area contributed by atoms with Crippen molar-refractivity contribution in [3.8, 4) is 0 Å². The Morgan fingerprint density at radius 2 is 1.87 bits per heavy atom. The Balaban J connectivity index is 1.75. The maximum Gasteiger partial charge on any atom is 0.170 e. The summed E-state index contributed by atoms with van der Waals surface area (Å²) in [5, 5.41) is 9.39. The van der Waals surface area contributed by atoms with Crippen molar-refractivity contribution in [1.29, 1.82) is 0 Å². The lowest BCUT2D eigenvalue weighted by Crippen LogP contribution is -2.37. The molecule has 2 aliphatic rings. The Morgan fingerprint density at radius 1 is 1.13 bits per heavy atom. The molecule has 1 saturated carbocycles. The van der Waals surface area contributed by atoms with Gasteiger partial charge in [-0.1, -0.05) is 15.9 Å². The van der Waals surface area contributed by atoms with Crippen LogP contribution >= 0.6 is 15.9 Å². The van der Waals surface area contributed by atoms with Crippen LogP contribution in [0.3, 0.4) is 0 Å². The van der Waals surface area contributed by atoms with E-state index in [0.717, 1.165) is 45.1 Å². The molecular weight excluding hydrogens is 260 g/mol. The van der Waals surface area contributed by atoms with E-state index in [-0.39, 0.29) is 18.5 Å². The van der Waals surface area contributed by atoms with Gasteiger partial charge in [-0.05, 0) is 38.5 Å². The van der Waals surface area contributed by atoms with Crippen molar-refractivity contribution in [2.24, 2.45) is 0 Å². The number of halogens is 1. The van der Waals surface area contributed by atoms with Crippen molar-refractivity contribution >= 4 is 15.9 Å². The minimum atomic E-state index is -0.114. The lowest BCUT2D eigenvalue weighted by atomic mass is 9.95. The second kappa shape index (κ2) is 5.62. The highest BCUT2D eigenvalue weighted by molar-refractivity contribution is 9.09. The second-order valence-electron chi connectivity index (χ2n) is 4.46. The lowest BCUT2D eigenvalue weighted by Gasteiger charge is -2.33. The summed E-state index contributed by atoms with van der Waals surface area (Å²) in [6.45, 7) is 0.808. The first-order valence-corrected chi connectivity index (χ1v) is 6.76. The van der Waals surface area contributed by atoms with E-state index >= 15 is 0 Å². The Bertz CT molecular complexity index is 192. The summed E-state index contributed by atoms with van der Waals surface area (Å²) < 4.78 is 11.5. The van der Waals surface area contributed by atoms with E-state index in [2.05, 4.69) is 15.9 Å². The maximum atomic E-state index is 9.39. The first-order chi connectivity index (χ1) is 7.25. The molecule has 0 aromatic carbocycles. The molecule has 2 rings (SSSR count). The van der Waals surface area contributed by atoms with Gasteiger partial charge in [-0.2, -0.15) is 0 Å². The molecule has 15 heavy (non-hydrogen) atoms. The number of aliphatic hydroxyl groups is 1. The number of hydrogen-bond acceptors (Lipinski definition) is 3. The molecule has 1 saturated heterocycles. The number of hydrogen-bond donors (Lipinski definition) is 1. The highest BCUT2D eigenvalue weighted by atomic mass is 79.9. The van der Waals surface area contributed by atoms with Gasteiger partial charge < -0.3 is 14.6 Å². The van der Waals surface area contributed by atoms with Crippen LogP contribution in [0.25, 0.3) is 0 Å². The van der Waals surface area contributed by atoms with Crippen LogP contribution in [0.15, 0.2) is 0 Å². The minimum Gasteiger partial charge on any atom is -0.393 e. The minimum absolute atomic E-state index is 0.0843. The van der Waals surface area contributed by atoms with Crippen molar-refractivity contribution in [2.75, 3.05) is 6.61 Å². The quantitative estimate of drug-likeness (QED) is 0.788. The fraction of sp³-hybridized carbons (Fsp3) is 1.00. The second-order valence-corrected chi connectivity index (χ2v) is 5.64. The summed E-state index contributed by atoms with van der Waals surface area (Å²) in [7, 11) is 0. The molecule has 1 aliphatic carbocycles. The van der Waals surface area contributed by atoms with Crippen molar-refractivity contribution in [1.82, 2.24) is 0 Å². The van der Waals surface area contributed by atoms with Crippen LogP contribution in [0.2, 0.25) is 0 Å². The first-order valence-electron chi connectivity index (χ1n) is 5.85. The van der Waals surface area contributed by atoms with Gasteiger partial charge in [0.05, 0.1) is 17.0 Å². The number of aliphatic hydroxyl groups excluding tert-OH is 1. The van der Waals surface area contributed by atoms with E-state index in [1.165, 1.54) is 0 Å². The van der Waals surface area contributed by atoms with Crippen molar-refractivity contribution in [3.63, 3.8) is 0 Å². The molecule has 0 spiro atoms. The van der Waals surface area contributed by atoms with Gasteiger partial charge in [-0.3, -0.25) is 0 Å². The summed E-state index contributed by atoms with van der Waals surface area (Å²) >= 11 is 3.59. The molecule has 1 heterocycles. The monoisotopic (exact) mass is 278 g/mol. The normalized spacial score (nSPS) is 42.8. The van der Waals surface area contributed by atoms with Crippen LogP contribution in [0.5, 0.6) is 0 Å². The molecule has 4 heteroatoms. The topological polar surface area (TPSA) is 38.7 Å². The smallest absolute Gasteiger partial charge is 0.170 e. The zero-order chi connectivity index (χ0) is 10.7. The molecule has 0 radical (unpaired) electrons. The standard InChI is InChI=1S/C11H19BrO3/c12-10-2-1-7-14-11(10)15-9-5-3-8(13)4-6-9/h8-11,13H,1-7H2/t8?,9?,10-,11+/m0/s1. The van der Waals surface area contributed by atoms with Crippen molar-refractivity contribution in [2.45, 2.75) is 61.9 Å². The largest absolute Gasteiger partial charge is 0.393 e. The highest BCUT2D eigenvalue weighted by Crippen LogP contribution is 2.27. The van der Waals surface area contributed by atoms with Gasteiger partial charge in [0.2, 0.25) is 0 Å². The van der Waals surface area contributed by atoms with E-state index in [1.54, 1.807) is 0 Å². The highest BCUT2D eigenvalue weighted by Gasteiger charge is 2.29. The third-order valence-corrected chi connectivity index (χ3v) is 4.06. The van der Waals surface area contributed by atoms with E-state index in [1.807, 2.05) is 0 Å². The zero-order valence-corrected chi connectivity index (χ0v) is 10.5. The molecule has 2 atom stereocenters. The molecule has 0 unspecified atom stereocenters. The SMILES string of the molecule is OC1CCC(O[C@H]2OCCC[C@@H]2Br)CC1. The van der Waals surface area contributed by atoms with Crippen LogP contribution < -0.4 is 0 Å². The van der Waals surface area contributed by atoms with Gasteiger partial charge >= 0.3 is 0 Å². The number of rotatable bonds is 2. The molecule has 88 valence electrons. The van der Waals surface area contributed by atoms with Crippen molar-refractivity contribution in [3.05, 3.63) is 0 Å². The van der Waals surface area contributed by atoms with E-state index < -0.39 is 0 Å². The predicted molar refractivity (Wildman–Crippen MR) is 61.0 cm³/mol. The van der Waals surface area contributed by atoms with Gasteiger partial charge in [-0.15, -0.1) is 0 Å². The fourth-order valence-electron chi connectivity index (χ4n) is 2.21. The molecule has 1 aliphatic heterocycles. The van der Waals surface area contributed by atoms with Gasteiger partial charge in [0.25, 0.3) is 0 Å². The van der Waals surface area contributed by atoms with E-state index in [0.29, 0.717) is 4.83 Å². The average molecular weight is 279 g/mol. The molecule has 2 fully saturated rings. The summed E-state index contributed by atoms with van der Waals surface area (Å²) in [6, 6.07) is 0. The van der Waals surface area contributed by atoms with E-state index in [9.17, 15) is 5.11 Å². The summed E-state index contributed by atoms with van der Waals surface area (Å²) in [6.07, 6.45) is 5.96.